The minimum atomic E-state index is -0.474. The summed E-state index contributed by atoms with van der Waals surface area (Å²) in [6, 6.07) is 12.3. The minimum Gasteiger partial charge on any atom is -0.267 e. The van der Waals surface area contributed by atoms with Crippen LogP contribution in [0.25, 0.3) is 0 Å². The number of nitrogens with one attached hydrogen (secondary N) is 1. The molecule has 0 heterocycles. The minimum absolute atomic E-state index is 0.00162. The van der Waals surface area contributed by atoms with Crippen LogP contribution in [0.4, 0.5) is 5.69 Å². The molecule has 0 aliphatic rings. The van der Waals surface area contributed by atoms with E-state index in [9.17, 15) is 14.9 Å². The number of non-ortho nitro benzene ring substituents is 1. The quantitative estimate of drug-likeness (QED) is 0.533. The van der Waals surface area contributed by atoms with Gasteiger partial charge < -0.3 is 0 Å². The number of nitrogens with zero attached hydrogens (tertiary/aromatic N) is 2. The zero-order chi connectivity index (χ0) is 16.1. The predicted octanol–water partition coefficient (Wildman–Crippen LogP) is 3.40. The lowest BCUT2D eigenvalue weighted by molar-refractivity contribution is -0.384. The maximum Gasteiger partial charge on any atom is 0.271 e. The lowest BCUT2D eigenvalue weighted by Gasteiger charge is -2.03. The molecule has 2 rings (SSSR count). The number of amides is 1. The Morgan fingerprint density at radius 1 is 1.09 bits per heavy atom. The number of nitro benzene ring substituents is 1. The first kappa shape index (κ1) is 15.7. The van der Waals surface area contributed by atoms with Crippen LogP contribution in [0, 0.1) is 10.1 Å². The summed E-state index contributed by atoms with van der Waals surface area (Å²) in [5, 5.41) is 15.1. The van der Waals surface area contributed by atoms with Gasteiger partial charge in [0.1, 0.15) is 0 Å². The monoisotopic (exact) mass is 317 g/mol. The van der Waals surface area contributed by atoms with E-state index in [0.29, 0.717) is 21.9 Å². The van der Waals surface area contributed by atoms with E-state index in [0.717, 1.165) is 0 Å². The molecule has 0 spiro atoms. The average molecular weight is 318 g/mol. The van der Waals surface area contributed by atoms with Crippen molar-refractivity contribution in [2.24, 2.45) is 5.10 Å². The summed E-state index contributed by atoms with van der Waals surface area (Å²) in [6.07, 6.45) is 0. The number of nitro groups is 1. The van der Waals surface area contributed by atoms with Crippen LogP contribution in [0.2, 0.25) is 5.02 Å². The van der Waals surface area contributed by atoms with Gasteiger partial charge in [0.05, 0.1) is 10.6 Å². The van der Waals surface area contributed by atoms with Crippen molar-refractivity contribution in [2.45, 2.75) is 6.92 Å². The predicted molar refractivity (Wildman–Crippen MR) is 84.2 cm³/mol. The second-order valence-corrected chi connectivity index (χ2v) is 4.89. The van der Waals surface area contributed by atoms with Crippen molar-refractivity contribution in [3.05, 3.63) is 74.8 Å². The molecule has 1 N–H and O–H groups in total. The van der Waals surface area contributed by atoms with Gasteiger partial charge >= 0.3 is 0 Å². The number of hydrogen-bond donors (Lipinski definition) is 1. The van der Waals surface area contributed by atoms with Crippen LogP contribution in [0.3, 0.4) is 0 Å². The summed E-state index contributed by atoms with van der Waals surface area (Å²) in [4.78, 5) is 22.0. The van der Waals surface area contributed by atoms with E-state index in [-0.39, 0.29) is 11.6 Å². The summed E-state index contributed by atoms with van der Waals surface area (Å²) >= 11 is 5.75. The molecule has 0 bridgehead atoms. The van der Waals surface area contributed by atoms with Crippen molar-refractivity contribution >= 4 is 28.9 Å². The molecular weight excluding hydrogens is 306 g/mol. The molecule has 0 unspecified atom stereocenters. The molecule has 22 heavy (non-hydrogen) atoms. The Morgan fingerprint density at radius 3 is 2.18 bits per heavy atom. The van der Waals surface area contributed by atoms with Gasteiger partial charge in [0.15, 0.2) is 0 Å². The highest BCUT2D eigenvalue weighted by atomic mass is 35.5. The molecule has 2 aromatic carbocycles. The Hall–Kier alpha value is -2.73. The summed E-state index contributed by atoms with van der Waals surface area (Å²) in [7, 11) is 0. The maximum atomic E-state index is 11.9. The highest BCUT2D eigenvalue weighted by Gasteiger charge is 2.07. The molecule has 0 aliphatic heterocycles. The van der Waals surface area contributed by atoms with E-state index >= 15 is 0 Å². The topological polar surface area (TPSA) is 84.6 Å². The number of hydrogen-bond acceptors (Lipinski definition) is 4. The van der Waals surface area contributed by atoms with Crippen LogP contribution in [-0.4, -0.2) is 16.5 Å². The molecule has 0 saturated heterocycles. The van der Waals surface area contributed by atoms with Crippen molar-refractivity contribution in [3.63, 3.8) is 0 Å². The molecule has 2 aromatic rings. The zero-order valence-corrected chi connectivity index (χ0v) is 12.4. The number of halogens is 1. The summed E-state index contributed by atoms with van der Waals surface area (Å²) in [6.45, 7) is 1.70. The molecular formula is C15H12ClN3O3. The summed E-state index contributed by atoms with van der Waals surface area (Å²) in [5.41, 5.74) is 4.08. The maximum absolute atomic E-state index is 11.9. The summed E-state index contributed by atoms with van der Waals surface area (Å²) < 4.78 is 0. The van der Waals surface area contributed by atoms with Crippen molar-refractivity contribution in [1.29, 1.82) is 0 Å². The van der Waals surface area contributed by atoms with E-state index in [2.05, 4.69) is 10.5 Å². The lowest BCUT2D eigenvalue weighted by atomic mass is 10.1. The Balaban J connectivity index is 2.07. The number of carbonyl (C=O) groups is 1. The third kappa shape index (κ3) is 3.89. The smallest absolute Gasteiger partial charge is 0.267 e. The number of hydrazone groups is 1. The number of rotatable bonds is 4. The third-order valence-corrected chi connectivity index (χ3v) is 3.18. The zero-order valence-electron chi connectivity index (χ0n) is 11.6. The molecule has 0 radical (unpaired) electrons. The Labute approximate surface area is 131 Å². The highest BCUT2D eigenvalue weighted by molar-refractivity contribution is 6.30. The Kier molecular flexibility index (Phi) is 4.85. The Bertz CT molecular complexity index is 725. The van der Waals surface area contributed by atoms with Crippen molar-refractivity contribution in [2.75, 3.05) is 0 Å². The van der Waals surface area contributed by atoms with E-state index in [1.165, 1.54) is 12.1 Å². The van der Waals surface area contributed by atoms with Gasteiger partial charge in [0.25, 0.3) is 11.6 Å². The van der Waals surface area contributed by atoms with E-state index < -0.39 is 4.92 Å². The van der Waals surface area contributed by atoms with Gasteiger partial charge in [0.2, 0.25) is 0 Å². The van der Waals surface area contributed by atoms with Gasteiger partial charge in [-0.05, 0) is 48.9 Å². The third-order valence-electron chi connectivity index (χ3n) is 2.93. The van der Waals surface area contributed by atoms with Crippen molar-refractivity contribution in [1.82, 2.24) is 5.43 Å². The molecule has 0 fully saturated rings. The first-order valence-electron chi connectivity index (χ1n) is 6.32. The van der Waals surface area contributed by atoms with Gasteiger partial charge in [0, 0.05) is 22.7 Å². The Morgan fingerprint density at radius 2 is 1.64 bits per heavy atom. The molecule has 0 atom stereocenters. The second kappa shape index (κ2) is 6.82. The first-order valence-corrected chi connectivity index (χ1v) is 6.70. The normalized spacial score (nSPS) is 11.1. The molecule has 1 amide bonds. The van der Waals surface area contributed by atoms with Gasteiger partial charge in [-0.3, -0.25) is 14.9 Å². The molecule has 7 heteroatoms. The van der Waals surface area contributed by atoms with Crippen LogP contribution in [0.15, 0.2) is 53.6 Å². The van der Waals surface area contributed by atoms with Crippen LogP contribution >= 0.6 is 11.6 Å². The van der Waals surface area contributed by atoms with Gasteiger partial charge in [-0.15, -0.1) is 0 Å². The van der Waals surface area contributed by atoms with Gasteiger partial charge in [-0.1, -0.05) is 11.6 Å². The van der Waals surface area contributed by atoms with Crippen LogP contribution in [0.1, 0.15) is 22.8 Å². The van der Waals surface area contributed by atoms with E-state index in [4.69, 9.17) is 11.6 Å². The van der Waals surface area contributed by atoms with Crippen LogP contribution in [-0.2, 0) is 0 Å². The number of benzene rings is 2. The average Bonchev–Trinajstić information content (AvgIpc) is 2.53. The molecule has 0 aromatic heterocycles. The molecule has 6 nitrogen and oxygen atoms in total. The fourth-order valence-corrected chi connectivity index (χ4v) is 1.82. The first-order chi connectivity index (χ1) is 10.5. The summed E-state index contributed by atoms with van der Waals surface area (Å²) in [5.74, 6) is -0.363. The van der Waals surface area contributed by atoms with E-state index in [1.54, 1.807) is 43.3 Å². The SMILES string of the molecule is CC(=NNC(=O)c1ccc(Cl)cc1)c1ccc([N+](=O)[O-])cc1. The van der Waals surface area contributed by atoms with E-state index in [1.807, 2.05) is 0 Å². The van der Waals surface area contributed by atoms with Crippen molar-refractivity contribution in [3.8, 4) is 0 Å². The fraction of sp³-hybridized carbons (Fsp3) is 0.0667. The van der Waals surface area contributed by atoms with Crippen molar-refractivity contribution < 1.29 is 9.72 Å². The van der Waals surface area contributed by atoms with Crippen LogP contribution in [0.5, 0.6) is 0 Å². The lowest BCUT2D eigenvalue weighted by Crippen LogP contribution is -2.19. The fourth-order valence-electron chi connectivity index (χ4n) is 1.69. The van der Waals surface area contributed by atoms with Gasteiger partial charge in [-0.2, -0.15) is 5.10 Å². The molecule has 0 aliphatic carbocycles. The second-order valence-electron chi connectivity index (χ2n) is 4.45. The number of carbonyl (C=O) groups excluding carboxylic acids is 1. The standard InChI is InChI=1S/C15H12ClN3O3/c1-10(11-4-8-14(9-5-11)19(21)22)17-18-15(20)12-2-6-13(16)7-3-12/h2-9H,1H3,(H,18,20). The molecule has 0 saturated carbocycles. The molecule has 112 valence electrons. The van der Waals surface area contributed by atoms with Crippen LogP contribution < -0.4 is 5.43 Å². The van der Waals surface area contributed by atoms with Gasteiger partial charge in [-0.25, -0.2) is 5.43 Å². The highest BCUT2D eigenvalue weighted by Crippen LogP contribution is 2.12. The largest absolute Gasteiger partial charge is 0.271 e.